The van der Waals surface area contributed by atoms with Crippen molar-refractivity contribution in [3.05, 3.63) is 29.8 Å². The third kappa shape index (κ3) is 4.21. The second kappa shape index (κ2) is 7.11. The lowest BCUT2D eigenvalue weighted by molar-refractivity contribution is -0.137. The van der Waals surface area contributed by atoms with E-state index in [2.05, 4.69) is 0 Å². The molecule has 2 rings (SSSR count). The standard InChI is InChI=1S/C16H21NO4/c1-21-14-5-3-2-4-13(14)10-15(18)17-9-8-12(11-17)6-7-16(19)20/h2-5,12H,6-11H2,1H3,(H,19,20). The van der Waals surface area contributed by atoms with E-state index in [4.69, 9.17) is 9.84 Å². The Balaban J connectivity index is 1.88. The number of nitrogens with zero attached hydrogens (tertiary/aromatic N) is 1. The molecule has 1 aromatic carbocycles. The minimum Gasteiger partial charge on any atom is -0.496 e. The van der Waals surface area contributed by atoms with Gasteiger partial charge in [-0.2, -0.15) is 0 Å². The second-order valence-electron chi connectivity index (χ2n) is 5.42. The number of benzene rings is 1. The van der Waals surface area contributed by atoms with Gasteiger partial charge in [-0.3, -0.25) is 9.59 Å². The van der Waals surface area contributed by atoms with Crippen LogP contribution in [0.3, 0.4) is 0 Å². The molecular formula is C16H21NO4. The lowest BCUT2D eigenvalue weighted by Crippen LogP contribution is -2.30. The summed E-state index contributed by atoms with van der Waals surface area (Å²) in [6.07, 6.45) is 2.05. The predicted molar refractivity (Wildman–Crippen MR) is 78.3 cm³/mol. The number of aliphatic carboxylic acids is 1. The van der Waals surface area contributed by atoms with E-state index in [1.807, 2.05) is 29.2 Å². The number of para-hydroxylation sites is 1. The van der Waals surface area contributed by atoms with Gasteiger partial charge < -0.3 is 14.7 Å². The van der Waals surface area contributed by atoms with Gasteiger partial charge in [0.05, 0.1) is 13.5 Å². The normalized spacial score (nSPS) is 17.8. The minimum atomic E-state index is -0.770. The SMILES string of the molecule is COc1ccccc1CC(=O)N1CCC(CCC(=O)O)C1. The van der Waals surface area contributed by atoms with Gasteiger partial charge >= 0.3 is 5.97 Å². The van der Waals surface area contributed by atoms with E-state index in [0.29, 0.717) is 25.3 Å². The van der Waals surface area contributed by atoms with E-state index in [0.717, 1.165) is 24.3 Å². The average molecular weight is 291 g/mol. The Hall–Kier alpha value is -2.04. The lowest BCUT2D eigenvalue weighted by atomic mass is 10.0. The lowest BCUT2D eigenvalue weighted by Gasteiger charge is -2.17. The molecule has 1 aliphatic heterocycles. The number of carbonyl (C=O) groups is 2. The Morgan fingerprint density at radius 2 is 2.14 bits per heavy atom. The van der Waals surface area contributed by atoms with E-state index in [-0.39, 0.29) is 12.3 Å². The van der Waals surface area contributed by atoms with Crippen LogP contribution in [-0.4, -0.2) is 42.1 Å². The smallest absolute Gasteiger partial charge is 0.303 e. The first-order valence-corrected chi connectivity index (χ1v) is 7.21. The maximum atomic E-state index is 12.3. The summed E-state index contributed by atoms with van der Waals surface area (Å²) in [5, 5.41) is 8.71. The summed E-state index contributed by atoms with van der Waals surface area (Å²) in [6.45, 7) is 1.39. The highest BCUT2D eigenvalue weighted by Crippen LogP contribution is 2.23. The fraction of sp³-hybridized carbons (Fsp3) is 0.500. The molecule has 1 unspecified atom stereocenters. The summed E-state index contributed by atoms with van der Waals surface area (Å²) >= 11 is 0. The minimum absolute atomic E-state index is 0.0809. The van der Waals surface area contributed by atoms with Gasteiger partial charge in [0, 0.05) is 25.1 Å². The van der Waals surface area contributed by atoms with Crippen molar-refractivity contribution in [3.8, 4) is 5.75 Å². The molecule has 1 heterocycles. The van der Waals surface area contributed by atoms with Gasteiger partial charge in [0.15, 0.2) is 0 Å². The number of carboxylic acids is 1. The maximum absolute atomic E-state index is 12.3. The van der Waals surface area contributed by atoms with Crippen LogP contribution in [-0.2, 0) is 16.0 Å². The number of hydrogen-bond acceptors (Lipinski definition) is 3. The van der Waals surface area contributed by atoms with Crippen LogP contribution in [0.25, 0.3) is 0 Å². The van der Waals surface area contributed by atoms with Gasteiger partial charge in [0.2, 0.25) is 5.91 Å². The van der Waals surface area contributed by atoms with E-state index < -0.39 is 5.97 Å². The number of hydrogen-bond donors (Lipinski definition) is 1. The van der Waals surface area contributed by atoms with E-state index in [9.17, 15) is 9.59 Å². The van der Waals surface area contributed by atoms with Gasteiger partial charge in [0.25, 0.3) is 0 Å². The first-order chi connectivity index (χ1) is 10.1. The molecule has 5 nitrogen and oxygen atoms in total. The zero-order valence-electron chi connectivity index (χ0n) is 12.2. The molecule has 0 aliphatic carbocycles. The van der Waals surface area contributed by atoms with Crippen LogP contribution >= 0.6 is 0 Å². The predicted octanol–water partition coefficient (Wildman–Crippen LogP) is 1.95. The molecule has 21 heavy (non-hydrogen) atoms. The number of rotatable bonds is 6. The molecule has 0 saturated carbocycles. The molecule has 114 valence electrons. The van der Waals surface area contributed by atoms with Crippen molar-refractivity contribution in [3.63, 3.8) is 0 Å². The molecule has 1 amide bonds. The summed E-state index contributed by atoms with van der Waals surface area (Å²) in [5.41, 5.74) is 0.888. The van der Waals surface area contributed by atoms with Gasteiger partial charge in [0.1, 0.15) is 5.75 Å². The Morgan fingerprint density at radius 3 is 2.86 bits per heavy atom. The van der Waals surface area contributed by atoms with Gasteiger partial charge in [-0.05, 0) is 24.8 Å². The first kappa shape index (κ1) is 15.4. The van der Waals surface area contributed by atoms with Crippen LogP contribution in [0.5, 0.6) is 5.75 Å². The molecule has 0 radical (unpaired) electrons. The third-order valence-corrected chi connectivity index (χ3v) is 3.94. The van der Waals surface area contributed by atoms with E-state index in [1.165, 1.54) is 0 Å². The molecule has 5 heteroatoms. The molecule has 1 aliphatic rings. The average Bonchev–Trinajstić information content (AvgIpc) is 2.94. The highest BCUT2D eigenvalue weighted by atomic mass is 16.5. The first-order valence-electron chi connectivity index (χ1n) is 7.21. The molecule has 1 saturated heterocycles. The number of ether oxygens (including phenoxy) is 1. The molecule has 0 aromatic heterocycles. The number of amides is 1. The topological polar surface area (TPSA) is 66.8 Å². The molecule has 0 bridgehead atoms. The third-order valence-electron chi connectivity index (χ3n) is 3.94. The molecule has 1 N–H and O–H groups in total. The van der Waals surface area contributed by atoms with Crippen molar-refractivity contribution in [2.75, 3.05) is 20.2 Å². The van der Waals surface area contributed by atoms with Crippen LogP contribution in [0.4, 0.5) is 0 Å². The number of carbonyl (C=O) groups excluding carboxylic acids is 1. The Labute approximate surface area is 124 Å². The summed E-state index contributed by atoms with van der Waals surface area (Å²) in [6, 6.07) is 7.52. The number of carboxylic acid groups (broad SMARTS) is 1. The molecule has 1 fully saturated rings. The zero-order valence-corrected chi connectivity index (χ0v) is 12.2. The maximum Gasteiger partial charge on any atom is 0.303 e. The van der Waals surface area contributed by atoms with Crippen LogP contribution in [0.2, 0.25) is 0 Å². The van der Waals surface area contributed by atoms with Gasteiger partial charge in [-0.1, -0.05) is 18.2 Å². The fourth-order valence-electron chi connectivity index (χ4n) is 2.75. The fourth-order valence-corrected chi connectivity index (χ4v) is 2.75. The van der Waals surface area contributed by atoms with Crippen LogP contribution in [0.1, 0.15) is 24.8 Å². The summed E-state index contributed by atoms with van der Waals surface area (Å²) < 4.78 is 5.26. The Bertz CT molecular complexity index is 515. The molecule has 1 aromatic rings. The summed E-state index contributed by atoms with van der Waals surface area (Å²) in [7, 11) is 1.60. The summed E-state index contributed by atoms with van der Waals surface area (Å²) in [4.78, 5) is 24.7. The number of likely N-dealkylation sites (tertiary alicyclic amines) is 1. The molecular weight excluding hydrogens is 270 g/mol. The van der Waals surface area contributed by atoms with Crippen LogP contribution < -0.4 is 4.74 Å². The van der Waals surface area contributed by atoms with Gasteiger partial charge in [-0.25, -0.2) is 0 Å². The van der Waals surface area contributed by atoms with Gasteiger partial charge in [-0.15, -0.1) is 0 Å². The van der Waals surface area contributed by atoms with E-state index in [1.54, 1.807) is 7.11 Å². The molecule has 0 spiro atoms. The van der Waals surface area contributed by atoms with Crippen molar-refractivity contribution in [2.24, 2.45) is 5.92 Å². The van der Waals surface area contributed by atoms with Crippen molar-refractivity contribution < 1.29 is 19.4 Å². The van der Waals surface area contributed by atoms with Crippen LogP contribution in [0.15, 0.2) is 24.3 Å². The zero-order chi connectivity index (χ0) is 15.2. The van der Waals surface area contributed by atoms with Crippen molar-refractivity contribution in [1.29, 1.82) is 0 Å². The Kier molecular flexibility index (Phi) is 5.20. The monoisotopic (exact) mass is 291 g/mol. The van der Waals surface area contributed by atoms with Crippen molar-refractivity contribution >= 4 is 11.9 Å². The van der Waals surface area contributed by atoms with Crippen molar-refractivity contribution in [2.45, 2.75) is 25.7 Å². The van der Waals surface area contributed by atoms with Crippen molar-refractivity contribution in [1.82, 2.24) is 4.90 Å². The Morgan fingerprint density at radius 1 is 1.38 bits per heavy atom. The van der Waals surface area contributed by atoms with Crippen LogP contribution in [0, 0.1) is 5.92 Å². The quantitative estimate of drug-likeness (QED) is 0.870. The number of methoxy groups -OCH3 is 1. The summed E-state index contributed by atoms with van der Waals surface area (Å²) in [5.74, 6) is 0.348. The highest BCUT2D eigenvalue weighted by molar-refractivity contribution is 5.79. The highest BCUT2D eigenvalue weighted by Gasteiger charge is 2.26. The van der Waals surface area contributed by atoms with E-state index >= 15 is 0 Å². The second-order valence-corrected chi connectivity index (χ2v) is 5.42. The molecule has 1 atom stereocenters. The largest absolute Gasteiger partial charge is 0.496 e.